The van der Waals surface area contributed by atoms with Gasteiger partial charge in [0.2, 0.25) is 5.91 Å². The Morgan fingerprint density at radius 3 is 2.30 bits per heavy atom. The Morgan fingerprint density at radius 1 is 1.15 bits per heavy atom. The molecule has 0 aromatic heterocycles. The van der Waals surface area contributed by atoms with Crippen molar-refractivity contribution in [3.05, 3.63) is 0 Å². The molecule has 1 atom stereocenters. The molecule has 0 aromatic rings. The number of amides is 1. The predicted octanol–water partition coefficient (Wildman–Crippen LogP) is 1.97. The molecule has 0 saturated heterocycles. The first-order valence-corrected chi connectivity index (χ1v) is 8.29. The monoisotopic (exact) mass is 280 g/mol. The summed E-state index contributed by atoms with van der Waals surface area (Å²) in [7, 11) is 0. The number of primary amides is 1. The Hall–Kier alpha value is -0.610. The minimum Gasteiger partial charge on any atom is -0.376 e. The van der Waals surface area contributed by atoms with Gasteiger partial charge in [-0.3, -0.25) is 10.1 Å². The number of carbonyl (C=O) groups is 1. The van der Waals surface area contributed by atoms with Gasteiger partial charge < -0.3 is 10.5 Å². The summed E-state index contributed by atoms with van der Waals surface area (Å²) in [5.41, 5.74) is 5.15. The maximum absolute atomic E-state index is 12.1. The van der Waals surface area contributed by atoms with Crippen molar-refractivity contribution in [1.82, 2.24) is 5.32 Å². The summed E-state index contributed by atoms with van der Waals surface area (Å²) in [5.74, 6) is 1.00. The Morgan fingerprint density at radius 2 is 1.80 bits per heavy atom. The van der Waals surface area contributed by atoms with E-state index in [1.165, 1.54) is 25.7 Å². The summed E-state index contributed by atoms with van der Waals surface area (Å²) in [6.45, 7) is 2.78. The van der Waals surface area contributed by atoms with E-state index < -0.39 is 5.54 Å². The molecule has 20 heavy (non-hydrogen) atoms. The van der Waals surface area contributed by atoms with E-state index in [-0.39, 0.29) is 5.91 Å². The second-order valence-electron chi connectivity index (χ2n) is 7.22. The van der Waals surface area contributed by atoms with E-state index in [9.17, 15) is 4.79 Å². The molecule has 0 heterocycles. The van der Waals surface area contributed by atoms with Gasteiger partial charge in [-0.25, -0.2) is 0 Å². The number of hydrogen-bond donors (Lipinski definition) is 2. The van der Waals surface area contributed by atoms with Crippen molar-refractivity contribution in [2.45, 2.75) is 76.0 Å². The van der Waals surface area contributed by atoms with Gasteiger partial charge >= 0.3 is 0 Å². The van der Waals surface area contributed by atoms with Gasteiger partial charge in [0, 0.05) is 6.04 Å². The summed E-state index contributed by atoms with van der Waals surface area (Å²) in [6, 6.07) is 0.484. The maximum Gasteiger partial charge on any atom is 0.240 e. The molecule has 3 fully saturated rings. The Labute approximate surface area is 121 Å². The largest absolute Gasteiger partial charge is 0.376 e. The van der Waals surface area contributed by atoms with Crippen LogP contribution in [0.4, 0.5) is 0 Å². The summed E-state index contributed by atoms with van der Waals surface area (Å²) in [5, 5.41) is 3.51. The molecule has 0 spiro atoms. The smallest absolute Gasteiger partial charge is 0.240 e. The zero-order valence-corrected chi connectivity index (χ0v) is 12.6. The van der Waals surface area contributed by atoms with Crippen LogP contribution >= 0.6 is 0 Å². The van der Waals surface area contributed by atoms with Crippen molar-refractivity contribution in [1.29, 1.82) is 0 Å². The highest BCUT2D eigenvalue weighted by atomic mass is 16.5. The average Bonchev–Trinajstić information content (AvgIpc) is 3.28. The molecule has 0 radical (unpaired) electrons. The van der Waals surface area contributed by atoms with Gasteiger partial charge in [0.25, 0.3) is 0 Å². The first-order chi connectivity index (χ1) is 9.60. The second kappa shape index (κ2) is 5.64. The molecule has 4 nitrogen and oxygen atoms in total. The quantitative estimate of drug-likeness (QED) is 0.749. The number of nitrogens with two attached hydrogens (primary N) is 1. The van der Waals surface area contributed by atoms with Gasteiger partial charge in [-0.05, 0) is 63.2 Å². The van der Waals surface area contributed by atoms with E-state index in [1.54, 1.807) is 0 Å². The summed E-state index contributed by atoms with van der Waals surface area (Å²) in [4.78, 5) is 12.1. The fourth-order valence-electron chi connectivity index (χ4n) is 3.43. The van der Waals surface area contributed by atoms with Crippen LogP contribution in [0.2, 0.25) is 0 Å². The number of carbonyl (C=O) groups excluding carboxylic acids is 1. The zero-order chi connectivity index (χ0) is 14.2. The molecular formula is C16H28N2O2. The van der Waals surface area contributed by atoms with E-state index in [2.05, 4.69) is 12.2 Å². The summed E-state index contributed by atoms with van der Waals surface area (Å²) in [6.07, 6.45) is 9.62. The van der Waals surface area contributed by atoms with E-state index in [0.717, 1.165) is 31.6 Å². The van der Waals surface area contributed by atoms with Crippen LogP contribution in [0.1, 0.15) is 58.3 Å². The van der Waals surface area contributed by atoms with E-state index in [1.807, 2.05) is 0 Å². The van der Waals surface area contributed by atoms with Crippen molar-refractivity contribution in [3.63, 3.8) is 0 Å². The number of ether oxygens (including phenoxy) is 1. The molecule has 3 N–H and O–H groups in total. The fourth-order valence-corrected chi connectivity index (χ4v) is 3.43. The molecule has 4 heteroatoms. The lowest BCUT2D eigenvalue weighted by Crippen LogP contribution is -2.61. The topological polar surface area (TPSA) is 64.3 Å². The van der Waals surface area contributed by atoms with Gasteiger partial charge in [-0.15, -0.1) is 0 Å². The Kier molecular flexibility index (Phi) is 4.04. The lowest BCUT2D eigenvalue weighted by Gasteiger charge is -2.35. The third-order valence-electron chi connectivity index (χ3n) is 5.26. The standard InChI is InChI=1S/C16H28N2O2/c1-11-2-8-14(9-3-11)20-10-16(15(17)19,12-4-5-12)18-13-6-7-13/h11-14,18H,2-10H2,1H3,(H2,17,19). The molecule has 3 rings (SSSR count). The van der Waals surface area contributed by atoms with Crippen LogP contribution in [0.3, 0.4) is 0 Å². The number of hydrogen-bond acceptors (Lipinski definition) is 3. The third kappa shape index (κ3) is 3.17. The second-order valence-corrected chi connectivity index (χ2v) is 7.22. The average molecular weight is 280 g/mol. The van der Waals surface area contributed by atoms with Gasteiger partial charge in [0.1, 0.15) is 5.54 Å². The highest BCUT2D eigenvalue weighted by Crippen LogP contribution is 2.42. The van der Waals surface area contributed by atoms with Gasteiger partial charge in [0.05, 0.1) is 12.7 Å². The van der Waals surface area contributed by atoms with E-state index >= 15 is 0 Å². The van der Waals surface area contributed by atoms with Crippen LogP contribution in [0.5, 0.6) is 0 Å². The summed E-state index contributed by atoms with van der Waals surface area (Å²) >= 11 is 0. The van der Waals surface area contributed by atoms with Crippen molar-refractivity contribution in [3.8, 4) is 0 Å². The fraction of sp³-hybridized carbons (Fsp3) is 0.938. The highest BCUT2D eigenvalue weighted by molar-refractivity contribution is 5.86. The van der Waals surface area contributed by atoms with Gasteiger partial charge in [-0.2, -0.15) is 0 Å². The Bertz CT molecular complexity index is 357. The lowest BCUT2D eigenvalue weighted by atomic mass is 9.88. The molecule has 1 unspecified atom stereocenters. The van der Waals surface area contributed by atoms with Crippen molar-refractivity contribution < 1.29 is 9.53 Å². The van der Waals surface area contributed by atoms with E-state index in [0.29, 0.717) is 24.7 Å². The molecular weight excluding hydrogens is 252 g/mol. The van der Waals surface area contributed by atoms with Crippen molar-refractivity contribution in [2.75, 3.05) is 6.61 Å². The van der Waals surface area contributed by atoms with Crippen molar-refractivity contribution >= 4 is 5.91 Å². The van der Waals surface area contributed by atoms with Crippen molar-refractivity contribution in [2.24, 2.45) is 17.6 Å². The zero-order valence-electron chi connectivity index (χ0n) is 12.6. The molecule has 3 aliphatic carbocycles. The van der Waals surface area contributed by atoms with Crippen LogP contribution in [-0.4, -0.2) is 30.2 Å². The van der Waals surface area contributed by atoms with Gasteiger partial charge in [-0.1, -0.05) is 6.92 Å². The molecule has 3 saturated carbocycles. The highest BCUT2D eigenvalue weighted by Gasteiger charge is 2.52. The SMILES string of the molecule is CC1CCC(OCC(NC2CC2)(C(N)=O)C2CC2)CC1. The van der Waals surface area contributed by atoms with Crippen LogP contribution in [0.15, 0.2) is 0 Å². The first-order valence-electron chi connectivity index (χ1n) is 8.29. The molecule has 0 bridgehead atoms. The van der Waals surface area contributed by atoms with Crippen LogP contribution < -0.4 is 11.1 Å². The third-order valence-corrected chi connectivity index (χ3v) is 5.26. The lowest BCUT2D eigenvalue weighted by molar-refractivity contribution is -0.130. The number of rotatable bonds is 7. The molecule has 0 aromatic carbocycles. The minimum atomic E-state index is -0.593. The van der Waals surface area contributed by atoms with Gasteiger partial charge in [0.15, 0.2) is 0 Å². The normalized spacial score (nSPS) is 33.6. The molecule has 0 aliphatic heterocycles. The van der Waals surface area contributed by atoms with Crippen LogP contribution in [-0.2, 0) is 9.53 Å². The molecule has 3 aliphatic rings. The predicted molar refractivity (Wildman–Crippen MR) is 78.2 cm³/mol. The summed E-state index contributed by atoms with van der Waals surface area (Å²) < 4.78 is 6.12. The minimum absolute atomic E-state index is 0.212. The van der Waals surface area contributed by atoms with E-state index in [4.69, 9.17) is 10.5 Å². The molecule has 1 amide bonds. The Balaban J connectivity index is 1.59. The first kappa shape index (κ1) is 14.3. The maximum atomic E-state index is 12.1. The molecule has 114 valence electrons. The van der Waals surface area contributed by atoms with Crippen LogP contribution in [0, 0.1) is 11.8 Å². The van der Waals surface area contributed by atoms with Crippen LogP contribution in [0.25, 0.3) is 0 Å². The number of nitrogens with one attached hydrogen (secondary N) is 1.